The molecule has 0 aliphatic heterocycles. The Kier molecular flexibility index (Phi) is 7.46. The second-order valence-electron chi connectivity index (χ2n) is 7.59. The average molecular weight is 450 g/mol. The maximum absolute atomic E-state index is 13.6. The zero-order valence-electron chi connectivity index (χ0n) is 17.6. The largest absolute Gasteiger partial charge is 0.418 e. The van der Waals surface area contributed by atoms with Gasteiger partial charge in [-0.25, -0.2) is 4.39 Å². The van der Waals surface area contributed by atoms with Gasteiger partial charge in [0, 0.05) is 16.9 Å². The molecule has 6 nitrogen and oxygen atoms in total. The molecule has 0 heterocycles. The van der Waals surface area contributed by atoms with Gasteiger partial charge in [0.25, 0.3) is 5.91 Å². The minimum absolute atomic E-state index is 0.0736. The molecule has 170 valence electrons. The first-order valence-electron chi connectivity index (χ1n) is 9.60. The van der Waals surface area contributed by atoms with Gasteiger partial charge in [0.2, 0.25) is 5.91 Å². The zero-order chi connectivity index (χ0) is 24.1. The van der Waals surface area contributed by atoms with Crippen LogP contribution in [0, 0.1) is 23.1 Å². The molecule has 0 radical (unpaired) electrons. The van der Waals surface area contributed by atoms with Crippen molar-refractivity contribution < 1.29 is 27.2 Å². The highest BCUT2D eigenvalue weighted by Gasteiger charge is 2.34. The van der Waals surface area contributed by atoms with Gasteiger partial charge in [0.15, 0.2) is 0 Å². The number of amides is 2. The van der Waals surface area contributed by atoms with E-state index in [9.17, 15) is 32.4 Å². The summed E-state index contributed by atoms with van der Waals surface area (Å²) in [6.45, 7) is 4.50. The molecular weight excluding hydrogens is 428 g/mol. The van der Waals surface area contributed by atoms with Crippen LogP contribution in [0.15, 0.2) is 42.5 Å². The van der Waals surface area contributed by atoms with Crippen LogP contribution in [0.25, 0.3) is 0 Å². The Hall–Kier alpha value is -3.61. The van der Waals surface area contributed by atoms with Gasteiger partial charge in [-0.15, -0.1) is 0 Å². The maximum Gasteiger partial charge on any atom is 0.418 e. The molecule has 0 saturated carbocycles. The highest BCUT2D eigenvalue weighted by atomic mass is 19.4. The summed E-state index contributed by atoms with van der Waals surface area (Å²) in [4.78, 5) is 24.4. The van der Waals surface area contributed by atoms with Gasteiger partial charge in [-0.3, -0.25) is 9.59 Å². The SMILES string of the molecule is CC(C)C(C)(C#N)NC(=O)CNc1ccc(NC(=O)c2ccc(F)cc2)cc1C(F)(F)F. The maximum atomic E-state index is 13.6. The lowest BCUT2D eigenvalue weighted by Crippen LogP contribution is -2.50. The lowest BCUT2D eigenvalue weighted by atomic mass is 9.90. The smallest absolute Gasteiger partial charge is 0.376 e. The van der Waals surface area contributed by atoms with E-state index in [1.54, 1.807) is 13.8 Å². The fourth-order valence-electron chi connectivity index (χ4n) is 2.63. The third-order valence-electron chi connectivity index (χ3n) is 4.91. The predicted molar refractivity (Wildman–Crippen MR) is 111 cm³/mol. The summed E-state index contributed by atoms with van der Waals surface area (Å²) in [6.07, 6.45) is -4.77. The molecule has 0 saturated heterocycles. The van der Waals surface area contributed by atoms with Crippen molar-refractivity contribution >= 4 is 23.2 Å². The first kappa shape index (κ1) is 24.7. The number of carbonyl (C=O) groups excluding carboxylic acids is 2. The lowest BCUT2D eigenvalue weighted by Gasteiger charge is -2.27. The van der Waals surface area contributed by atoms with Crippen molar-refractivity contribution in [1.82, 2.24) is 5.32 Å². The van der Waals surface area contributed by atoms with Crippen LogP contribution in [-0.2, 0) is 11.0 Å². The molecule has 0 bridgehead atoms. The summed E-state index contributed by atoms with van der Waals surface area (Å²) in [7, 11) is 0. The number of nitrogens with zero attached hydrogens (tertiary/aromatic N) is 1. The Bertz CT molecular complexity index is 1030. The van der Waals surface area contributed by atoms with Crippen LogP contribution in [0.4, 0.5) is 28.9 Å². The number of alkyl halides is 3. The van der Waals surface area contributed by atoms with Gasteiger partial charge in [-0.05, 0) is 55.3 Å². The highest BCUT2D eigenvalue weighted by molar-refractivity contribution is 6.04. The van der Waals surface area contributed by atoms with E-state index in [0.717, 1.165) is 24.3 Å². The molecule has 0 aromatic heterocycles. The standard InChI is InChI=1S/C22H22F4N4O2/c1-13(2)21(3,12-27)30-19(31)11-28-18-9-8-16(10-17(18)22(24,25)26)29-20(32)14-4-6-15(23)7-5-14/h4-10,13,28H,11H2,1-3H3,(H,29,32)(H,30,31). The van der Waals surface area contributed by atoms with E-state index >= 15 is 0 Å². The van der Waals surface area contributed by atoms with Gasteiger partial charge in [-0.2, -0.15) is 18.4 Å². The molecule has 2 aromatic rings. The summed E-state index contributed by atoms with van der Waals surface area (Å²) in [5.74, 6) is -2.12. The minimum atomic E-state index is -4.77. The van der Waals surface area contributed by atoms with Gasteiger partial charge in [0.05, 0.1) is 18.2 Å². The quantitative estimate of drug-likeness (QED) is 0.539. The van der Waals surface area contributed by atoms with E-state index in [0.29, 0.717) is 0 Å². The summed E-state index contributed by atoms with van der Waals surface area (Å²) in [6, 6.07) is 9.57. The second-order valence-corrected chi connectivity index (χ2v) is 7.59. The molecule has 0 fully saturated rings. The molecular formula is C22H22F4N4O2. The van der Waals surface area contributed by atoms with E-state index in [2.05, 4.69) is 16.0 Å². The van der Waals surface area contributed by atoms with E-state index < -0.39 is 41.5 Å². The molecule has 2 rings (SSSR count). The molecule has 32 heavy (non-hydrogen) atoms. The predicted octanol–water partition coefficient (Wildman–Crippen LogP) is 4.56. The number of rotatable bonds is 7. The van der Waals surface area contributed by atoms with E-state index in [4.69, 9.17) is 0 Å². The Balaban J connectivity index is 2.17. The fourth-order valence-corrected chi connectivity index (χ4v) is 2.63. The van der Waals surface area contributed by atoms with Crippen molar-refractivity contribution in [3.63, 3.8) is 0 Å². The molecule has 0 aliphatic carbocycles. The molecule has 3 N–H and O–H groups in total. The summed E-state index contributed by atoms with van der Waals surface area (Å²) in [5.41, 5.74) is -2.67. The number of halogens is 4. The topological polar surface area (TPSA) is 94.0 Å². The minimum Gasteiger partial charge on any atom is -0.376 e. The highest BCUT2D eigenvalue weighted by Crippen LogP contribution is 2.36. The third-order valence-corrected chi connectivity index (χ3v) is 4.91. The van der Waals surface area contributed by atoms with E-state index in [1.807, 2.05) is 6.07 Å². The molecule has 2 aromatic carbocycles. The molecule has 0 aliphatic rings. The van der Waals surface area contributed by atoms with Gasteiger partial charge >= 0.3 is 6.18 Å². The lowest BCUT2D eigenvalue weighted by molar-refractivity contribution is -0.137. The number of nitriles is 1. The molecule has 1 unspecified atom stereocenters. The molecule has 10 heteroatoms. The van der Waals surface area contributed by atoms with Crippen molar-refractivity contribution in [2.45, 2.75) is 32.5 Å². The third kappa shape index (κ3) is 6.20. The van der Waals surface area contributed by atoms with Crippen molar-refractivity contribution in [3.05, 3.63) is 59.4 Å². The number of benzene rings is 2. The normalized spacial score (nSPS) is 13.1. The van der Waals surface area contributed by atoms with Crippen LogP contribution in [0.3, 0.4) is 0 Å². The van der Waals surface area contributed by atoms with Crippen LogP contribution in [0.2, 0.25) is 0 Å². The van der Waals surface area contributed by atoms with Gasteiger partial charge in [-0.1, -0.05) is 13.8 Å². The Morgan fingerprint density at radius 3 is 2.25 bits per heavy atom. The number of hydrogen-bond acceptors (Lipinski definition) is 4. The van der Waals surface area contributed by atoms with Crippen LogP contribution < -0.4 is 16.0 Å². The van der Waals surface area contributed by atoms with Gasteiger partial charge in [0.1, 0.15) is 11.4 Å². The van der Waals surface area contributed by atoms with E-state index in [1.165, 1.54) is 25.1 Å². The van der Waals surface area contributed by atoms with Crippen LogP contribution in [0.1, 0.15) is 36.7 Å². The summed E-state index contributed by atoms with van der Waals surface area (Å²) in [5, 5.41) is 16.5. The van der Waals surface area contributed by atoms with Crippen LogP contribution in [-0.4, -0.2) is 23.9 Å². The molecule has 2 amide bonds. The van der Waals surface area contributed by atoms with Crippen molar-refractivity contribution in [1.29, 1.82) is 5.26 Å². The first-order chi connectivity index (χ1) is 14.9. The van der Waals surface area contributed by atoms with Crippen molar-refractivity contribution in [3.8, 4) is 6.07 Å². The second kappa shape index (κ2) is 9.68. The Morgan fingerprint density at radius 1 is 1.09 bits per heavy atom. The monoisotopic (exact) mass is 450 g/mol. The molecule has 1 atom stereocenters. The summed E-state index contributed by atoms with van der Waals surface area (Å²) >= 11 is 0. The first-order valence-corrected chi connectivity index (χ1v) is 9.60. The number of anilines is 2. The fraction of sp³-hybridized carbons (Fsp3) is 0.318. The average Bonchev–Trinajstić information content (AvgIpc) is 2.72. The van der Waals surface area contributed by atoms with Crippen molar-refractivity contribution in [2.75, 3.05) is 17.2 Å². The summed E-state index contributed by atoms with van der Waals surface area (Å²) < 4.78 is 53.6. The number of carbonyl (C=O) groups is 2. The molecule has 0 spiro atoms. The Labute approximate surface area is 182 Å². The zero-order valence-corrected chi connectivity index (χ0v) is 17.6. The van der Waals surface area contributed by atoms with Crippen LogP contribution in [0.5, 0.6) is 0 Å². The van der Waals surface area contributed by atoms with Crippen LogP contribution >= 0.6 is 0 Å². The Morgan fingerprint density at radius 2 is 1.72 bits per heavy atom. The van der Waals surface area contributed by atoms with Crippen molar-refractivity contribution in [2.24, 2.45) is 5.92 Å². The number of hydrogen-bond donors (Lipinski definition) is 3. The number of nitrogens with one attached hydrogen (secondary N) is 3. The van der Waals surface area contributed by atoms with Gasteiger partial charge < -0.3 is 16.0 Å². The van der Waals surface area contributed by atoms with E-state index in [-0.39, 0.29) is 22.9 Å².